The van der Waals surface area contributed by atoms with E-state index in [0.29, 0.717) is 29.8 Å². The zero-order valence-corrected chi connectivity index (χ0v) is 11.5. The first-order valence-corrected chi connectivity index (χ1v) is 6.79. The third-order valence-corrected chi connectivity index (χ3v) is 3.40. The van der Waals surface area contributed by atoms with Gasteiger partial charge in [-0.1, -0.05) is 19.0 Å². The van der Waals surface area contributed by atoms with Crippen LogP contribution in [0.5, 0.6) is 0 Å². The summed E-state index contributed by atoms with van der Waals surface area (Å²) in [5.74, 6) is 2.01. The SMILES string of the molecule is Cc1noc(CCNC2CCOC(C(C)C)C2)n1. The number of hydrogen-bond acceptors (Lipinski definition) is 5. The van der Waals surface area contributed by atoms with E-state index in [1.54, 1.807) is 0 Å². The van der Waals surface area contributed by atoms with Gasteiger partial charge in [0.15, 0.2) is 5.82 Å². The van der Waals surface area contributed by atoms with Crippen LogP contribution in [0.25, 0.3) is 0 Å². The molecule has 2 unspecified atom stereocenters. The molecule has 1 saturated heterocycles. The molecule has 0 spiro atoms. The summed E-state index contributed by atoms with van der Waals surface area (Å²) in [7, 11) is 0. The molecule has 102 valence electrons. The highest BCUT2D eigenvalue weighted by molar-refractivity contribution is 4.85. The molecule has 0 aliphatic carbocycles. The lowest BCUT2D eigenvalue weighted by atomic mass is 9.95. The van der Waals surface area contributed by atoms with Crippen molar-refractivity contribution in [3.8, 4) is 0 Å². The number of nitrogens with zero attached hydrogens (tertiary/aromatic N) is 2. The van der Waals surface area contributed by atoms with Crippen LogP contribution in [0.2, 0.25) is 0 Å². The third-order valence-electron chi connectivity index (χ3n) is 3.40. The minimum atomic E-state index is 0.391. The Kier molecular flexibility index (Phi) is 4.72. The van der Waals surface area contributed by atoms with Gasteiger partial charge >= 0.3 is 0 Å². The van der Waals surface area contributed by atoms with Crippen molar-refractivity contribution in [1.29, 1.82) is 0 Å². The van der Waals surface area contributed by atoms with E-state index in [4.69, 9.17) is 9.26 Å². The summed E-state index contributed by atoms with van der Waals surface area (Å²) < 4.78 is 10.8. The highest BCUT2D eigenvalue weighted by Gasteiger charge is 2.24. The van der Waals surface area contributed by atoms with Gasteiger partial charge in [0.05, 0.1) is 6.10 Å². The van der Waals surface area contributed by atoms with Gasteiger partial charge in [0.1, 0.15) is 0 Å². The van der Waals surface area contributed by atoms with Crippen molar-refractivity contribution in [3.05, 3.63) is 11.7 Å². The summed E-state index contributed by atoms with van der Waals surface area (Å²) in [4.78, 5) is 4.19. The van der Waals surface area contributed by atoms with Crippen molar-refractivity contribution in [1.82, 2.24) is 15.5 Å². The van der Waals surface area contributed by atoms with Gasteiger partial charge in [-0.15, -0.1) is 0 Å². The Hall–Kier alpha value is -0.940. The number of ether oxygens (including phenoxy) is 1. The van der Waals surface area contributed by atoms with Crippen molar-refractivity contribution < 1.29 is 9.26 Å². The van der Waals surface area contributed by atoms with Gasteiger partial charge in [0, 0.05) is 25.6 Å². The van der Waals surface area contributed by atoms with E-state index in [1.165, 1.54) is 0 Å². The van der Waals surface area contributed by atoms with E-state index >= 15 is 0 Å². The second-order valence-corrected chi connectivity index (χ2v) is 5.31. The van der Waals surface area contributed by atoms with Gasteiger partial charge in [0.25, 0.3) is 0 Å². The molecule has 1 fully saturated rings. The van der Waals surface area contributed by atoms with Crippen LogP contribution in [-0.2, 0) is 11.2 Å². The maximum atomic E-state index is 5.76. The van der Waals surface area contributed by atoms with Gasteiger partial charge in [-0.3, -0.25) is 0 Å². The fraction of sp³-hybridized carbons (Fsp3) is 0.846. The molecular weight excluding hydrogens is 230 g/mol. The highest BCUT2D eigenvalue weighted by atomic mass is 16.5. The third kappa shape index (κ3) is 3.78. The molecule has 0 bridgehead atoms. The van der Waals surface area contributed by atoms with Crippen molar-refractivity contribution in [2.45, 2.75) is 52.2 Å². The standard InChI is InChI=1S/C13H23N3O2/c1-9(2)12-8-11(5-7-17-12)14-6-4-13-15-10(3)16-18-13/h9,11-12,14H,4-8H2,1-3H3. The molecule has 18 heavy (non-hydrogen) atoms. The molecule has 1 aliphatic heterocycles. The predicted octanol–water partition coefficient (Wildman–Crippen LogP) is 1.71. The minimum Gasteiger partial charge on any atom is -0.378 e. The lowest BCUT2D eigenvalue weighted by Gasteiger charge is -2.32. The topological polar surface area (TPSA) is 60.2 Å². The number of nitrogens with one attached hydrogen (secondary N) is 1. The summed E-state index contributed by atoms with van der Waals surface area (Å²) in [6.07, 6.45) is 3.37. The molecule has 0 radical (unpaired) electrons. The van der Waals surface area contributed by atoms with E-state index in [0.717, 1.165) is 32.4 Å². The highest BCUT2D eigenvalue weighted by Crippen LogP contribution is 2.20. The Labute approximate surface area is 108 Å². The van der Waals surface area contributed by atoms with Crippen molar-refractivity contribution in [2.75, 3.05) is 13.2 Å². The molecule has 2 atom stereocenters. The zero-order chi connectivity index (χ0) is 13.0. The van der Waals surface area contributed by atoms with Crippen LogP contribution >= 0.6 is 0 Å². The molecule has 1 aliphatic rings. The normalized spacial score (nSPS) is 24.7. The van der Waals surface area contributed by atoms with Crippen LogP contribution in [0.1, 0.15) is 38.4 Å². The van der Waals surface area contributed by atoms with Crippen molar-refractivity contribution in [2.24, 2.45) is 5.92 Å². The van der Waals surface area contributed by atoms with Gasteiger partial charge in [0.2, 0.25) is 5.89 Å². The molecule has 5 nitrogen and oxygen atoms in total. The van der Waals surface area contributed by atoms with E-state index in [9.17, 15) is 0 Å². The van der Waals surface area contributed by atoms with E-state index < -0.39 is 0 Å². The first kappa shape index (κ1) is 13.5. The fourth-order valence-electron chi connectivity index (χ4n) is 2.30. The lowest BCUT2D eigenvalue weighted by molar-refractivity contribution is -0.0242. The fourth-order valence-corrected chi connectivity index (χ4v) is 2.30. The Bertz CT molecular complexity index is 365. The van der Waals surface area contributed by atoms with Crippen LogP contribution in [0, 0.1) is 12.8 Å². The minimum absolute atomic E-state index is 0.391. The average Bonchev–Trinajstić information content (AvgIpc) is 2.75. The Balaban J connectivity index is 1.70. The molecule has 5 heteroatoms. The molecule has 2 heterocycles. The van der Waals surface area contributed by atoms with Gasteiger partial charge in [-0.25, -0.2) is 0 Å². The van der Waals surface area contributed by atoms with Crippen molar-refractivity contribution in [3.63, 3.8) is 0 Å². The Morgan fingerprint density at radius 2 is 2.28 bits per heavy atom. The number of aryl methyl sites for hydroxylation is 1. The maximum Gasteiger partial charge on any atom is 0.227 e. The number of rotatable bonds is 5. The predicted molar refractivity (Wildman–Crippen MR) is 68.3 cm³/mol. The zero-order valence-electron chi connectivity index (χ0n) is 11.5. The van der Waals surface area contributed by atoms with Crippen LogP contribution in [0.3, 0.4) is 0 Å². The first-order chi connectivity index (χ1) is 8.65. The molecule has 1 aromatic rings. The van der Waals surface area contributed by atoms with Gasteiger partial charge in [-0.05, 0) is 25.7 Å². The molecule has 2 rings (SSSR count). The van der Waals surface area contributed by atoms with Crippen molar-refractivity contribution >= 4 is 0 Å². The number of aromatic nitrogens is 2. The molecule has 0 saturated carbocycles. The maximum absolute atomic E-state index is 5.76. The van der Waals surface area contributed by atoms with Crippen LogP contribution < -0.4 is 5.32 Å². The second kappa shape index (κ2) is 6.29. The largest absolute Gasteiger partial charge is 0.378 e. The van der Waals surface area contributed by atoms with E-state index in [-0.39, 0.29) is 0 Å². The second-order valence-electron chi connectivity index (χ2n) is 5.31. The molecular formula is C13H23N3O2. The molecule has 0 amide bonds. The van der Waals surface area contributed by atoms with Gasteiger partial charge in [-0.2, -0.15) is 4.98 Å². The first-order valence-electron chi connectivity index (χ1n) is 6.79. The lowest BCUT2D eigenvalue weighted by Crippen LogP contribution is -2.41. The monoisotopic (exact) mass is 253 g/mol. The van der Waals surface area contributed by atoms with Gasteiger partial charge < -0.3 is 14.6 Å². The molecule has 1 aromatic heterocycles. The summed E-state index contributed by atoms with van der Waals surface area (Å²) in [6.45, 7) is 8.02. The average molecular weight is 253 g/mol. The van der Waals surface area contributed by atoms with Crippen LogP contribution in [0.4, 0.5) is 0 Å². The Morgan fingerprint density at radius 3 is 2.94 bits per heavy atom. The summed E-state index contributed by atoms with van der Waals surface area (Å²) in [5, 5.41) is 7.34. The van der Waals surface area contributed by atoms with Crippen LogP contribution in [0.15, 0.2) is 4.52 Å². The summed E-state index contributed by atoms with van der Waals surface area (Å²) in [5.41, 5.74) is 0. The van der Waals surface area contributed by atoms with E-state index in [1.807, 2.05) is 6.92 Å². The smallest absolute Gasteiger partial charge is 0.227 e. The van der Waals surface area contributed by atoms with Crippen LogP contribution in [-0.4, -0.2) is 35.4 Å². The molecule has 0 aromatic carbocycles. The quantitative estimate of drug-likeness (QED) is 0.865. The summed E-state index contributed by atoms with van der Waals surface area (Å²) >= 11 is 0. The summed E-state index contributed by atoms with van der Waals surface area (Å²) in [6, 6.07) is 0.551. The molecule has 1 N–H and O–H groups in total. The Morgan fingerprint density at radius 1 is 1.44 bits per heavy atom. The van der Waals surface area contributed by atoms with E-state index in [2.05, 4.69) is 29.3 Å². The number of hydrogen-bond donors (Lipinski definition) is 1.